The molecular weight excluding hydrogens is 329 g/mol. The van der Waals surface area contributed by atoms with Crippen LogP contribution in [0.5, 0.6) is 5.75 Å². The number of alkyl halides is 3. The number of nitrogens with zero attached hydrogens (tertiary/aromatic N) is 2. The first-order chi connectivity index (χ1) is 11.2. The third kappa shape index (κ3) is 4.30. The molecule has 24 heavy (non-hydrogen) atoms. The van der Waals surface area contributed by atoms with Crippen molar-refractivity contribution in [3.05, 3.63) is 24.3 Å². The zero-order valence-corrected chi connectivity index (χ0v) is 13.2. The maximum Gasteiger partial charge on any atom is 0.406 e. The maximum atomic E-state index is 12.4. The summed E-state index contributed by atoms with van der Waals surface area (Å²) in [6.45, 7) is -1.63. The minimum Gasteiger partial charge on any atom is -0.475 e. The van der Waals surface area contributed by atoms with Crippen LogP contribution in [0.3, 0.4) is 0 Å². The number of para-hydroxylation sites is 2. The number of carbonyl (C=O) groups excluding carboxylic acids is 2. The minimum absolute atomic E-state index is 0.00921. The van der Waals surface area contributed by atoms with Crippen LogP contribution in [0.2, 0.25) is 0 Å². The molecular formula is C15H17F3N2O4. The van der Waals surface area contributed by atoms with Crippen molar-refractivity contribution in [2.45, 2.75) is 12.3 Å². The van der Waals surface area contributed by atoms with Crippen molar-refractivity contribution in [3.8, 4) is 5.75 Å². The monoisotopic (exact) mass is 346 g/mol. The second-order valence-corrected chi connectivity index (χ2v) is 5.34. The Balaban J connectivity index is 2.15. The van der Waals surface area contributed by atoms with E-state index in [4.69, 9.17) is 4.74 Å². The third-order valence-corrected chi connectivity index (χ3v) is 3.49. The van der Waals surface area contributed by atoms with Gasteiger partial charge in [0.2, 0.25) is 12.0 Å². The van der Waals surface area contributed by atoms with Gasteiger partial charge in [0.1, 0.15) is 12.3 Å². The van der Waals surface area contributed by atoms with Gasteiger partial charge in [-0.25, -0.2) is 4.79 Å². The van der Waals surface area contributed by atoms with Crippen molar-refractivity contribution in [1.29, 1.82) is 0 Å². The first-order valence-electron chi connectivity index (χ1n) is 7.10. The summed E-state index contributed by atoms with van der Waals surface area (Å²) >= 11 is 0. The number of ether oxygens (including phenoxy) is 2. The molecule has 0 saturated heterocycles. The quantitative estimate of drug-likeness (QED) is 0.773. The van der Waals surface area contributed by atoms with Crippen molar-refractivity contribution >= 4 is 17.6 Å². The molecule has 1 amide bonds. The highest BCUT2D eigenvalue weighted by Gasteiger charge is 2.35. The summed E-state index contributed by atoms with van der Waals surface area (Å²) < 4.78 is 47.4. The van der Waals surface area contributed by atoms with E-state index in [-0.39, 0.29) is 13.1 Å². The molecule has 1 heterocycles. The van der Waals surface area contributed by atoms with Gasteiger partial charge in [0.25, 0.3) is 0 Å². The summed E-state index contributed by atoms with van der Waals surface area (Å²) in [6.07, 6.45) is -5.42. The van der Waals surface area contributed by atoms with Crippen LogP contribution in [0, 0.1) is 0 Å². The van der Waals surface area contributed by atoms with E-state index < -0.39 is 30.7 Å². The van der Waals surface area contributed by atoms with Gasteiger partial charge in [-0.05, 0) is 12.1 Å². The Morgan fingerprint density at radius 2 is 2.04 bits per heavy atom. The first kappa shape index (κ1) is 17.9. The molecule has 0 N–H and O–H groups in total. The predicted molar refractivity (Wildman–Crippen MR) is 78.8 cm³/mol. The van der Waals surface area contributed by atoms with E-state index in [1.807, 2.05) is 0 Å². The van der Waals surface area contributed by atoms with Gasteiger partial charge in [-0.3, -0.25) is 4.79 Å². The molecule has 1 aromatic rings. The minimum atomic E-state index is -4.47. The number of halogens is 3. The lowest BCUT2D eigenvalue weighted by Crippen LogP contribution is -2.49. The zero-order chi connectivity index (χ0) is 17.9. The number of benzene rings is 1. The number of carbonyl (C=O) groups is 2. The van der Waals surface area contributed by atoms with E-state index in [0.717, 1.165) is 7.05 Å². The fourth-order valence-corrected chi connectivity index (χ4v) is 2.35. The number of likely N-dealkylation sites (N-methyl/N-ethyl adjacent to an activating group) is 1. The Labute approximate surface area is 136 Å². The van der Waals surface area contributed by atoms with E-state index >= 15 is 0 Å². The van der Waals surface area contributed by atoms with Gasteiger partial charge in [0, 0.05) is 7.05 Å². The van der Waals surface area contributed by atoms with E-state index in [9.17, 15) is 22.8 Å². The molecule has 0 unspecified atom stereocenters. The molecule has 1 atom stereocenters. The molecule has 132 valence electrons. The van der Waals surface area contributed by atoms with E-state index in [2.05, 4.69) is 4.74 Å². The fourth-order valence-electron chi connectivity index (χ4n) is 2.35. The Bertz CT molecular complexity index is 621. The van der Waals surface area contributed by atoms with Crippen molar-refractivity contribution in [2.75, 3.05) is 38.7 Å². The molecule has 0 aromatic heterocycles. The van der Waals surface area contributed by atoms with Gasteiger partial charge in [-0.15, -0.1) is 0 Å². The molecule has 0 radical (unpaired) electrons. The summed E-state index contributed by atoms with van der Waals surface area (Å²) in [5.41, 5.74) is 0.534. The number of methoxy groups -OCH3 is 1. The van der Waals surface area contributed by atoms with Crippen LogP contribution in [0.15, 0.2) is 24.3 Å². The average Bonchev–Trinajstić information content (AvgIpc) is 2.52. The van der Waals surface area contributed by atoms with Gasteiger partial charge < -0.3 is 19.3 Å². The normalized spacial score (nSPS) is 16.9. The number of fused-ring (bicyclic) bond motifs is 1. The molecule has 6 nitrogen and oxygen atoms in total. The number of rotatable bonds is 4. The topological polar surface area (TPSA) is 59.1 Å². The summed E-state index contributed by atoms with van der Waals surface area (Å²) in [7, 11) is 2.29. The molecule has 2 rings (SSSR count). The van der Waals surface area contributed by atoms with Crippen molar-refractivity contribution in [3.63, 3.8) is 0 Å². The number of anilines is 1. The lowest BCUT2D eigenvalue weighted by atomic mass is 10.2. The highest BCUT2D eigenvalue weighted by atomic mass is 19.4. The smallest absolute Gasteiger partial charge is 0.406 e. The molecule has 0 bridgehead atoms. The van der Waals surface area contributed by atoms with Crippen LogP contribution in [0.1, 0.15) is 0 Å². The molecule has 1 aromatic carbocycles. The van der Waals surface area contributed by atoms with Crippen LogP contribution in [-0.2, 0) is 14.3 Å². The molecule has 0 aliphatic carbocycles. The van der Waals surface area contributed by atoms with Crippen LogP contribution in [-0.4, -0.2) is 62.8 Å². The van der Waals surface area contributed by atoms with Crippen molar-refractivity contribution in [2.24, 2.45) is 0 Å². The Kier molecular flexibility index (Phi) is 5.20. The van der Waals surface area contributed by atoms with Gasteiger partial charge in [-0.1, -0.05) is 12.1 Å². The van der Waals surface area contributed by atoms with Crippen LogP contribution >= 0.6 is 0 Å². The highest BCUT2D eigenvalue weighted by Crippen LogP contribution is 2.33. The van der Waals surface area contributed by atoms with E-state index in [0.29, 0.717) is 16.3 Å². The van der Waals surface area contributed by atoms with Crippen LogP contribution < -0.4 is 9.64 Å². The Morgan fingerprint density at radius 1 is 1.38 bits per heavy atom. The van der Waals surface area contributed by atoms with Gasteiger partial charge in [-0.2, -0.15) is 13.2 Å². The van der Waals surface area contributed by atoms with Crippen molar-refractivity contribution < 1.29 is 32.2 Å². The second kappa shape index (κ2) is 6.98. The lowest BCUT2D eigenvalue weighted by molar-refractivity contribution is -0.157. The largest absolute Gasteiger partial charge is 0.475 e. The van der Waals surface area contributed by atoms with Crippen molar-refractivity contribution in [1.82, 2.24) is 4.90 Å². The summed E-state index contributed by atoms with van der Waals surface area (Å²) in [6, 6.07) is 6.67. The number of esters is 1. The van der Waals surface area contributed by atoms with E-state index in [1.54, 1.807) is 24.3 Å². The number of amides is 1. The summed E-state index contributed by atoms with van der Waals surface area (Å²) in [5.74, 6) is -0.969. The fraction of sp³-hybridized carbons (Fsp3) is 0.467. The predicted octanol–water partition coefficient (Wildman–Crippen LogP) is 1.45. The number of hydrogen-bond acceptors (Lipinski definition) is 5. The molecule has 1 aliphatic heterocycles. The SMILES string of the molecule is COC(=O)[C@@H]1CN(CC(=O)N(C)CC(F)(F)F)c2ccccc2O1. The van der Waals surface area contributed by atoms with Gasteiger partial charge in [0.15, 0.2) is 0 Å². The maximum absolute atomic E-state index is 12.4. The second-order valence-electron chi connectivity index (χ2n) is 5.34. The third-order valence-electron chi connectivity index (χ3n) is 3.49. The summed E-state index contributed by atoms with van der Waals surface area (Å²) in [4.78, 5) is 25.9. The van der Waals surface area contributed by atoms with Gasteiger partial charge in [0.05, 0.1) is 25.9 Å². The van der Waals surface area contributed by atoms with E-state index in [1.165, 1.54) is 12.0 Å². The highest BCUT2D eigenvalue weighted by molar-refractivity contribution is 5.84. The first-order valence-corrected chi connectivity index (χ1v) is 7.10. The molecule has 0 spiro atoms. The molecule has 0 fully saturated rings. The lowest BCUT2D eigenvalue weighted by Gasteiger charge is -2.35. The van der Waals surface area contributed by atoms with Crippen LogP contribution in [0.4, 0.5) is 18.9 Å². The standard InChI is InChI=1S/C15H17F3N2O4/c1-19(9-15(16,17)18)13(21)8-20-7-12(14(22)23-2)24-11-6-4-3-5-10(11)20/h3-6,12H,7-9H2,1-2H3/t12-/m0/s1. The van der Waals surface area contributed by atoms with Gasteiger partial charge >= 0.3 is 12.1 Å². The average molecular weight is 346 g/mol. The summed E-state index contributed by atoms with van der Waals surface area (Å²) in [5, 5.41) is 0. The molecule has 9 heteroatoms. The molecule has 0 saturated carbocycles. The van der Waals surface area contributed by atoms with Crippen LogP contribution in [0.25, 0.3) is 0 Å². The molecule has 1 aliphatic rings. The Hall–Kier alpha value is -2.45. The zero-order valence-electron chi connectivity index (χ0n) is 13.2. The Morgan fingerprint density at radius 3 is 2.67 bits per heavy atom. The number of hydrogen-bond donors (Lipinski definition) is 0.